The van der Waals surface area contributed by atoms with E-state index in [-0.39, 0.29) is 13.2 Å². The fourth-order valence-electron chi connectivity index (χ4n) is 1.30. The first kappa shape index (κ1) is 13.7. The molecule has 5 nitrogen and oxygen atoms in total. The molecule has 1 rings (SSSR count). The van der Waals surface area contributed by atoms with Crippen LogP contribution in [0.3, 0.4) is 0 Å². The highest BCUT2D eigenvalue weighted by molar-refractivity contribution is 7.77. The van der Waals surface area contributed by atoms with Crippen LogP contribution in [-0.2, 0) is 22.4 Å². The Morgan fingerprint density at radius 1 is 1.41 bits per heavy atom. The summed E-state index contributed by atoms with van der Waals surface area (Å²) >= 11 is -2.60. The lowest BCUT2D eigenvalue weighted by molar-refractivity contribution is 0.130. The number of hydrogen-bond acceptors (Lipinski definition) is 4. The zero-order valence-corrected chi connectivity index (χ0v) is 10.3. The fraction of sp³-hybridized carbons (Fsp3) is 0.364. The van der Waals surface area contributed by atoms with Gasteiger partial charge in [-0.2, -0.15) is 0 Å². The summed E-state index contributed by atoms with van der Waals surface area (Å²) in [4.78, 5) is 11.3. The lowest BCUT2D eigenvalue weighted by Crippen LogP contribution is -2.35. The summed E-state index contributed by atoms with van der Waals surface area (Å²) in [5.41, 5.74) is 0.965. The maximum Gasteiger partial charge on any atom is 0.420 e. The highest BCUT2D eigenvalue weighted by atomic mass is 32.2. The highest BCUT2D eigenvalue weighted by Gasteiger charge is 2.14. The standard InChI is InChI=1S/C11H15NO4S/c1-2-16-11(13)12(17(14)15)9-8-10-6-4-3-5-7-10/h3-7H,2,8-9H2,1H3,(H,14,15)/p-1. The van der Waals surface area contributed by atoms with Gasteiger partial charge in [-0.15, -0.1) is 0 Å². The lowest BCUT2D eigenvalue weighted by atomic mass is 10.1. The number of nitrogens with zero attached hydrogens (tertiary/aromatic N) is 1. The van der Waals surface area contributed by atoms with Crippen molar-refractivity contribution in [2.75, 3.05) is 13.2 Å². The normalized spacial score (nSPS) is 11.9. The molecule has 1 unspecified atom stereocenters. The van der Waals surface area contributed by atoms with Crippen molar-refractivity contribution in [3.8, 4) is 0 Å². The molecule has 0 aliphatic rings. The predicted molar refractivity (Wildman–Crippen MR) is 62.8 cm³/mol. The zero-order valence-electron chi connectivity index (χ0n) is 9.50. The van der Waals surface area contributed by atoms with Gasteiger partial charge in [0.25, 0.3) is 0 Å². The Bertz CT molecular complexity index is 382. The molecule has 0 aliphatic heterocycles. The van der Waals surface area contributed by atoms with E-state index in [1.165, 1.54) is 0 Å². The maximum atomic E-state index is 11.3. The number of carbonyl (C=O) groups excluding carboxylic acids is 1. The second-order valence-corrected chi connectivity index (χ2v) is 4.13. The molecule has 1 atom stereocenters. The Morgan fingerprint density at radius 2 is 2.06 bits per heavy atom. The summed E-state index contributed by atoms with van der Waals surface area (Å²) in [5.74, 6) is 0. The number of benzene rings is 1. The number of rotatable bonds is 5. The molecule has 0 aliphatic carbocycles. The Balaban J connectivity index is 2.56. The van der Waals surface area contributed by atoms with Crippen LogP contribution in [-0.4, -0.2) is 32.3 Å². The minimum atomic E-state index is -2.60. The molecule has 0 heterocycles. The fourth-order valence-corrected chi connectivity index (χ4v) is 1.71. The van der Waals surface area contributed by atoms with Crippen LogP contribution in [0, 0.1) is 0 Å². The van der Waals surface area contributed by atoms with E-state index in [9.17, 15) is 13.6 Å². The van der Waals surface area contributed by atoms with E-state index >= 15 is 0 Å². The first-order valence-corrected chi connectivity index (χ1v) is 6.26. The average molecular weight is 256 g/mol. The van der Waals surface area contributed by atoms with Gasteiger partial charge in [0, 0.05) is 6.54 Å². The molecule has 0 saturated heterocycles. The van der Waals surface area contributed by atoms with Crippen molar-refractivity contribution >= 4 is 17.4 Å². The molecule has 0 saturated carbocycles. The molecule has 1 aromatic rings. The van der Waals surface area contributed by atoms with E-state index < -0.39 is 17.4 Å². The molecule has 6 heteroatoms. The monoisotopic (exact) mass is 256 g/mol. The molecule has 0 aromatic heterocycles. The van der Waals surface area contributed by atoms with Crippen LogP contribution in [0.2, 0.25) is 0 Å². The van der Waals surface area contributed by atoms with Gasteiger partial charge in [0.05, 0.1) is 17.9 Å². The molecule has 17 heavy (non-hydrogen) atoms. The van der Waals surface area contributed by atoms with Crippen LogP contribution < -0.4 is 0 Å². The zero-order chi connectivity index (χ0) is 12.7. The lowest BCUT2D eigenvalue weighted by Gasteiger charge is -2.23. The smallest absolute Gasteiger partial charge is 0.420 e. The van der Waals surface area contributed by atoms with E-state index in [0.29, 0.717) is 10.7 Å². The first-order chi connectivity index (χ1) is 8.15. The Labute approximate surface area is 103 Å². The molecule has 0 spiro atoms. The van der Waals surface area contributed by atoms with Crippen molar-refractivity contribution in [1.82, 2.24) is 4.31 Å². The van der Waals surface area contributed by atoms with E-state index in [1.807, 2.05) is 30.3 Å². The summed E-state index contributed by atoms with van der Waals surface area (Å²) < 4.78 is 27.0. The number of hydrogen-bond donors (Lipinski definition) is 0. The number of carbonyl (C=O) groups is 1. The van der Waals surface area contributed by atoms with E-state index in [0.717, 1.165) is 5.56 Å². The van der Waals surface area contributed by atoms with Gasteiger partial charge in [0.15, 0.2) is 0 Å². The van der Waals surface area contributed by atoms with Gasteiger partial charge in [-0.25, -0.2) is 9.10 Å². The van der Waals surface area contributed by atoms with Crippen molar-refractivity contribution in [2.45, 2.75) is 13.3 Å². The van der Waals surface area contributed by atoms with Crippen LogP contribution in [0.15, 0.2) is 30.3 Å². The van der Waals surface area contributed by atoms with Crippen LogP contribution in [0.1, 0.15) is 12.5 Å². The van der Waals surface area contributed by atoms with Crippen molar-refractivity contribution < 1.29 is 18.3 Å². The maximum absolute atomic E-state index is 11.3. The van der Waals surface area contributed by atoms with Crippen LogP contribution in [0.25, 0.3) is 0 Å². The first-order valence-electron chi connectivity index (χ1n) is 5.22. The van der Waals surface area contributed by atoms with Gasteiger partial charge >= 0.3 is 6.09 Å². The number of ether oxygens (including phenoxy) is 1. The third-order valence-corrected chi connectivity index (χ3v) is 2.79. The van der Waals surface area contributed by atoms with Crippen molar-refractivity contribution in [3.05, 3.63) is 35.9 Å². The molecule has 0 N–H and O–H groups in total. The largest absolute Gasteiger partial charge is 0.755 e. The average Bonchev–Trinajstić information content (AvgIpc) is 2.30. The molecule has 0 radical (unpaired) electrons. The molecular weight excluding hydrogens is 242 g/mol. The van der Waals surface area contributed by atoms with Gasteiger partial charge in [-0.05, 0) is 18.9 Å². The van der Waals surface area contributed by atoms with Gasteiger partial charge in [-0.3, -0.25) is 4.21 Å². The van der Waals surface area contributed by atoms with Gasteiger partial charge in [-0.1, -0.05) is 30.3 Å². The summed E-state index contributed by atoms with van der Waals surface area (Å²) in [6, 6.07) is 9.34. The van der Waals surface area contributed by atoms with Crippen LogP contribution in [0.5, 0.6) is 0 Å². The van der Waals surface area contributed by atoms with E-state index in [2.05, 4.69) is 4.74 Å². The molecule has 94 valence electrons. The minimum absolute atomic E-state index is 0.0823. The Hall–Kier alpha value is -1.40. The molecule has 1 amide bonds. The molecule has 1 aromatic carbocycles. The quantitative estimate of drug-likeness (QED) is 0.748. The van der Waals surface area contributed by atoms with Crippen LogP contribution in [0.4, 0.5) is 4.79 Å². The summed E-state index contributed by atoms with van der Waals surface area (Å²) in [7, 11) is 0. The minimum Gasteiger partial charge on any atom is -0.755 e. The summed E-state index contributed by atoms with van der Waals surface area (Å²) in [6.07, 6.45) is -0.370. The third kappa shape index (κ3) is 4.54. The second-order valence-electron chi connectivity index (χ2n) is 3.25. The predicted octanol–water partition coefficient (Wildman–Crippen LogP) is 1.48. The van der Waals surface area contributed by atoms with Crippen LogP contribution >= 0.6 is 0 Å². The topological polar surface area (TPSA) is 69.7 Å². The summed E-state index contributed by atoms with van der Waals surface area (Å²) in [5, 5.41) is 0. The van der Waals surface area contributed by atoms with Gasteiger partial charge in [0.1, 0.15) is 0 Å². The van der Waals surface area contributed by atoms with E-state index in [4.69, 9.17) is 0 Å². The SMILES string of the molecule is CCOC(=O)N(CCc1ccccc1)S(=O)[O-]. The molecule has 0 bridgehead atoms. The van der Waals surface area contributed by atoms with Gasteiger partial charge < -0.3 is 9.29 Å². The molecule has 0 fully saturated rings. The van der Waals surface area contributed by atoms with Crippen molar-refractivity contribution in [1.29, 1.82) is 0 Å². The highest BCUT2D eigenvalue weighted by Crippen LogP contribution is 2.04. The van der Waals surface area contributed by atoms with Gasteiger partial charge in [0.2, 0.25) is 0 Å². The van der Waals surface area contributed by atoms with E-state index in [1.54, 1.807) is 6.92 Å². The molecular formula is C11H14NO4S-. The Morgan fingerprint density at radius 3 is 2.59 bits per heavy atom. The van der Waals surface area contributed by atoms with Crippen molar-refractivity contribution in [3.63, 3.8) is 0 Å². The third-order valence-electron chi connectivity index (χ3n) is 2.10. The number of amides is 1. The van der Waals surface area contributed by atoms with Crippen molar-refractivity contribution in [2.24, 2.45) is 0 Å². The Kier molecular flexibility index (Phi) is 5.65. The summed E-state index contributed by atoms with van der Waals surface area (Å²) in [6.45, 7) is 1.86. The second kappa shape index (κ2) is 7.03.